The highest BCUT2D eigenvalue weighted by atomic mass is 16.6. The van der Waals surface area contributed by atoms with Crippen molar-refractivity contribution in [3.8, 4) is 0 Å². The molecule has 1 N–H and O–H groups in total. The summed E-state index contributed by atoms with van der Waals surface area (Å²) in [7, 11) is 0. The standard InChI is InChI=1S/C28H31NO4/c1-2-3-19-28(31)21-29(27(30)32-20-22-13-7-4-8-14-22)25(23-15-9-5-10-16-23)26(33-28)24-17-11-6-12-18-24/h4-18,25-26,31H,2-3,19-21H2,1H3/t25-,26+,28?/m1/s1. The molecule has 0 aromatic heterocycles. The maximum atomic E-state index is 13.4. The second-order valence-electron chi connectivity index (χ2n) is 8.52. The molecular weight excluding hydrogens is 414 g/mol. The Kier molecular flexibility index (Phi) is 7.43. The Morgan fingerprint density at radius 1 is 0.970 bits per heavy atom. The van der Waals surface area contributed by atoms with E-state index in [4.69, 9.17) is 9.47 Å². The second kappa shape index (κ2) is 10.6. The van der Waals surface area contributed by atoms with Crippen LogP contribution < -0.4 is 0 Å². The minimum atomic E-state index is -1.45. The molecule has 5 nitrogen and oxygen atoms in total. The number of carbonyl (C=O) groups is 1. The lowest BCUT2D eigenvalue weighted by Gasteiger charge is -2.48. The van der Waals surface area contributed by atoms with Crippen LogP contribution in [0.3, 0.4) is 0 Å². The third-order valence-electron chi connectivity index (χ3n) is 6.02. The summed E-state index contributed by atoms with van der Waals surface area (Å²) in [6, 6.07) is 28.8. The van der Waals surface area contributed by atoms with Gasteiger partial charge in [0.05, 0.1) is 12.6 Å². The number of hydrogen-bond acceptors (Lipinski definition) is 4. The lowest BCUT2D eigenvalue weighted by atomic mass is 9.90. The van der Waals surface area contributed by atoms with E-state index >= 15 is 0 Å². The van der Waals surface area contributed by atoms with E-state index in [1.807, 2.05) is 91.0 Å². The molecule has 4 rings (SSSR count). The van der Waals surface area contributed by atoms with Crippen LogP contribution in [0.5, 0.6) is 0 Å². The average molecular weight is 446 g/mol. The molecule has 3 aromatic carbocycles. The van der Waals surface area contributed by atoms with Gasteiger partial charge < -0.3 is 14.6 Å². The van der Waals surface area contributed by atoms with Crippen LogP contribution in [0.15, 0.2) is 91.0 Å². The van der Waals surface area contributed by atoms with E-state index in [1.54, 1.807) is 4.90 Å². The highest BCUT2D eigenvalue weighted by Crippen LogP contribution is 2.45. The Morgan fingerprint density at radius 3 is 2.15 bits per heavy atom. The summed E-state index contributed by atoms with van der Waals surface area (Å²) in [5, 5.41) is 11.4. The number of morpholine rings is 1. The maximum Gasteiger partial charge on any atom is 0.410 e. The topological polar surface area (TPSA) is 59.0 Å². The van der Waals surface area contributed by atoms with Crippen LogP contribution >= 0.6 is 0 Å². The molecule has 5 heteroatoms. The van der Waals surface area contributed by atoms with Crippen LogP contribution in [0.4, 0.5) is 4.79 Å². The fourth-order valence-electron chi connectivity index (χ4n) is 4.34. The first-order chi connectivity index (χ1) is 16.1. The van der Waals surface area contributed by atoms with Gasteiger partial charge in [-0.1, -0.05) is 104 Å². The van der Waals surface area contributed by atoms with E-state index in [1.165, 1.54) is 0 Å². The number of amides is 1. The number of benzene rings is 3. The molecule has 1 fully saturated rings. The van der Waals surface area contributed by atoms with Gasteiger partial charge in [-0.05, 0) is 23.1 Å². The number of unbranched alkanes of at least 4 members (excludes halogenated alkanes) is 1. The maximum absolute atomic E-state index is 13.4. The summed E-state index contributed by atoms with van der Waals surface area (Å²) < 4.78 is 12.1. The van der Waals surface area contributed by atoms with Gasteiger partial charge in [0.2, 0.25) is 0 Å². The lowest BCUT2D eigenvalue weighted by Crippen LogP contribution is -2.56. The van der Waals surface area contributed by atoms with Crippen LogP contribution in [0.25, 0.3) is 0 Å². The van der Waals surface area contributed by atoms with Gasteiger partial charge in [0.1, 0.15) is 12.7 Å². The zero-order valence-electron chi connectivity index (χ0n) is 19.0. The van der Waals surface area contributed by atoms with E-state index in [0.29, 0.717) is 6.42 Å². The summed E-state index contributed by atoms with van der Waals surface area (Å²) in [5.74, 6) is -1.45. The minimum absolute atomic E-state index is 0.0452. The molecule has 1 aliphatic heterocycles. The molecule has 1 aliphatic rings. The van der Waals surface area contributed by atoms with Crippen LogP contribution in [-0.4, -0.2) is 28.4 Å². The highest BCUT2D eigenvalue weighted by Gasteiger charge is 2.48. The smallest absolute Gasteiger partial charge is 0.410 e. The monoisotopic (exact) mass is 445 g/mol. The largest absolute Gasteiger partial charge is 0.445 e. The fourth-order valence-corrected chi connectivity index (χ4v) is 4.34. The van der Waals surface area contributed by atoms with Crippen molar-refractivity contribution in [1.82, 2.24) is 4.90 Å². The van der Waals surface area contributed by atoms with Crippen molar-refractivity contribution in [3.05, 3.63) is 108 Å². The SMILES string of the molecule is CCCCC1(O)CN(C(=O)OCc2ccccc2)[C@H](c2ccccc2)[C@H](c2ccccc2)O1. The van der Waals surface area contributed by atoms with E-state index in [0.717, 1.165) is 29.5 Å². The summed E-state index contributed by atoms with van der Waals surface area (Å²) in [6.07, 6.45) is 1.15. The molecule has 1 unspecified atom stereocenters. The van der Waals surface area contributed by atoms with Gasteiger partial charge >= 0.3 is 6.09 Å². The molecule has 3 aromatic rings. The second-order valence-corrected chi connectivity index (χ2v) is 8.52. The van der Waals surface area contributed by atoms with Gasteiger partial charge in [0.15, 0.2) is 5.79 Å². The highest BCUT2D eigenvalue weighted by molar-refractivity contribution is 5.69. The molecule has 0 radical (unpaired) electrons. The molecule has 1 saturated heterocycles. The first-order valence-corrected chi connectivity index (χ1v) is 11.6. The van der Waals surface area contributed by atoms with E-state index in [-0.39, 0.29) is 13.2 Å². The zero-order valence-corrected chi connectivity index (χ0v) is 19.0. The van der Waals surface area contributed by atoms with Crippen LogP contribution in [-0.2, 0) is 16.1 Å². The van der Waals surface area contributed by atoms with Crippen LogP contribution in [0.1, 0.15) is 55.0 Å². The molecular formula is C28H31NO4. The van der Waals surface area contributed by atoms with Crippen molar-refractivity contribution in [1.29, 1.82) is 0 Å². The Morgan fingerprint density at radius 2 is 1.55 bits per heavy atom. The van der Waals surface area contributed by atoms with Crippen molar-refractivity contribution in [2.75, 3.05) is 6.54 Å². The molecule has 0 spiro atoms. The molecule has 0 aliphatic carbocycles. The van der Waals surface area contributed by atoms with Gasteiger partial charge in [-0.25, -0.2) is 4.79 Å². The van der Waals surface area contributed by atoms with Crippen molar-refractivity contribution in [2.24, 2.45) is 0 Å². The van der Waals surface area contributed by atoms with Gasteiger partial charge in [-0.3, -0.25) is 4.90 Å². The summed E-state index contributed by atoms with van der Waals surface area (Å²) in [6.45, 7) is 2.28. The van der Waals surface area contributed by atoms with Gasteiger partial charge in [-0.2, -0.15) is 0 Å². The van der Waals surface area contributed by atoms with Crippen LogP contribution in [0, 0.1) is 0 Å². The number of nitrogens with zero attached hydrogens (tertiary/aromatic N) is 1. The summed E-state index contributed by atoms with van der Waals surface area (Å²) in [5.41, 5.74) is 2.75. The predicted octanol–water partition coefficient (Wildman–Crippen LogP) is 6.02. The van der Waals surface area contributed by atoms with Crippen molar-refractivity contribution >= 4 is 6.09 Å². The summed E-state index contributed by atoms with van der Waals surface area (Å²) in [4.78, 5) is 15.1. The first kappa shape index (κ1) is 23.0. The van der Waals surface area contributed by atoms with Gasteiger partial charge in [-0.15, -0.1) is 0 Å². The molecule has 1 amide bonds. The third-order valence-corrected chi connectivity index (χ3v) is 6.02. The Hall–Kier alpha value is -3.15. The average Bonchev–Trinajstić information content (AvgIpc) is 2.87. The van der Waals surface area contributed by atoms with Crippen molar-refractivity contribution < 1.29 is 19.4 Å². The molecule has 1 heterocycles. The molecule has 3 atom stereocenters. The summed E-state index contributed by atoms with van der Waals surface area (Å²) >= 11 is 0. The lowest BCUT2D eigenvalue weighted by molar-refractivity contribution is -0.284. The number of ether oxygens (including phenoxy) is 2. The fraction of sp³-hybridized carbons (Fsp3) is 0.321. The molecule has 0 bridgehead atoms. The Balaban J connectivity index is 1.69. The molecule has 0 saturated carbocycles. The third kappa shape index (κ3) is 5.62. The minimum Gasteiger partial charge on any atom is -0.445 e. The number of hydrogen-bond donors (Lipinski definition) is 1. The van der Waals surface area contributed by atoms with E-state index < -0.39 is 24.0 Å². The van der Waals surface area contributed by atoms with E-state index in [2.05, 4.69) is 6.92 Å². The predicted molar refractivity (Wildman–Crippen MR) is 127 cm³/mol. The number of carbonyl (C=O) groups excluding carboxylic acids is 1. The number of β-amino-alcohol motifs (C(OH)–C–C–N with tert-alkyl or cyclic N) is 1. The normalized spacial score (nSPS) is 22.7. The van der Waals surface area contributed by atoms with Crippen molar-refractivity contribution in [2.45, 2.75) is 50.7 Å². The Bertz CT molecular complexity index is 1010. The zero-order chi connectivity index (χ0) is 23.1. The van der Waals surface area contributed by atoms with Gasteiger partial charge in [0, 0.05) is 6.42 Å². The van der Waals surface area contributed by atoms with Crippen molar-refractivity contribution in [3.63, 3.8) is 0 Å². The Labute approximate surface area is 195 Å². The number of aliphatic hydroxyl groups is 1. The quantitative estimate of drug-likeness (QED) is 0.483. The first-order valence-electron chi connectivity index (χ1n) is 11.6. The molecule has 33 heavy (non-hydrogen) atoms. The van der Waals surface area contributed by atoms with E-state index in [9.17, 15) is 9.90 Å². The number of rotatable bonds is 7. The molecule has 172 valence electrons. The van der Waals surface area contributed by atoms with Gasteiger partial charge in [0.25, 0.3) is 0 Å². The van der Waals surface area contributed by atoms with Crippen LogP contribution in [0.2, 0.25) is 0 Å².